The van der Waals surface area contributed by atoms with E-state index in [2.05, 4.69) is 46.1 Å². The summed E-state index contributed by atoms with van der Waals surface area (Å²) < 4.78 is 1.91. The third kappa shape index (κ3) is 1.83. The fourth-order valence-corrected chi connectivity index (χ4v) is 2.55. The SMILES string of the molecule is Cc1nn(C)c2c1NCC(c1ccccc1)CN2. The zero-order valence-electron chi connectivity index (χ0n) is 10.8. The summed E-state index contributed by atoms with van der Waals surface area (Å²) >= 11 is 0. The molecule has 1 aliphatic heterocycles. The molecule has 2 N–H and O–H groups in total. The molecule has 1 aliphatic rings. The van der Waals surface area contributed by atoms with Gasteiger partial charge in [-0.05, 0) is 12.5 Å². The molecule has 0 bridgehead atoms. The molecular formula is C14H18N4. The third-order valence-corrected chi connectivity index (χ3v) is 3.53. The van der Waals surface area contributed by atoms with E-state index in [0.29, 0.717) is 5.92 Å². The van der Waals surface area contributed by atoms with E-state index in [1.165, 1.54) is 5.56 Å². The maximum atomic E-state index is 4.42. The Hall–Kier alpha value is -1.97. The summed E-state index contributed by atoms with van der Waals surface area (Å²) in [5.41, 5.74) is 3.56. The zero-order chi connectivity index (χ0) is 12.5. The average molecular weight is 242 g/mol. The van der Waals surface area contributed by atoms with Gasteiger partial charge in [0, 0.05) is 26.1 Å². The fourth-order valence-electron chi connectivity index (χ4n) is 2.55. The Balaban J connectivity index is 1.85. The molecule has 4 nitrogen and oxygen atoms in total. The van der Waals surface area contributed by atoms with E-state index in [1.54, 1.807) is 0 Å². The number of nitrogens with one attached hydrogen (secondary N) is 2. The van der Waals surface area contributed by atoms with Crippen molar-refractivity contribution < 1.29 is 0 Å². The Labute approximate surface area is 107 Å². The van der Waals surface area contributed by atoms with Gasteiger partial charge in [-0.15, -0.1) is 0 Å². The summed E-state index contributed by atoms with van der Waals surface area (Å²) in [4.78, 5) is 0. The van der Waals surface area contributed by atoms with Crippen molar-refractivity contribution in [2.75, 3.05) is 23.7 Å². The average Bonchev–Trinajstić information content (AvgIpc) is 2.58. The second kappa shape index (κ2) is 4.37. The van der Waals surface area contributed by atoms with E-state index in [1.807, 2.05) is 18.7 Å². The van der Waals surface area contributed by atoms with Gasteiger partial charge in [0.05, 0.1) is 5.69 Å². The van der Waals surface area contributed by atoms with Crippen molar-refractivity contribution in [1.29, 1.82) is 0 Å². The van der Waals surface area contributed by atoms with Crippen molar-refractivity contribution >= 4 is 11.5 Å². The Morgan fingerprint density at radius 2 is 1.89 bits per heavy atom. The molecule has 1 aromatic carbocycles. The minimum atomic E-state index is 0.484. The summed E-state index contributed by atoms with van der Waals surface area (Å²) in [7, 11) is 1.98. The van der Waals surface area contributed by atoms with Gasteiger partial charge >= 0.3 is 0 Å². The Morgan fingerprint density at radius 1 is 1.17 bits per heavy atom. The lowest BCUT2D eigenvalue weighted by Gasteiger charge is -2.15. The van der Waals surface area contributed by atoms with Crippen LogP contribution in [-0.4, -0.2) is 22.9 Å². The van der Waals surface area contributed by atoms with Crippen molar-refractivity contribution in [3.8, 4) is 0 Å². The van der Waals surface area contributed by atoms with Crippen LogP contribution in [0.4, 0.5) is 11.5 Å². The largest absolute Gasteiger partial charge is 0.380 e. The fraction of sp³-hybridized carbons (Fsp3) is 0.357. The van der Waals surface area contributed by atoms with E-state index in [-0.39, 0.29) is 0 Å². The molecule has 1 aromatic heterocycles. The van der Waals surface area contributed by atoms with Gasteiger partial charge in [0.15, 0.2) is 0 Å². The number of anilines is 2. The third-order valence-electron chi connectivity index (χ3n) is 3.53. The molecule has 2 aromatic rings. The van der Waals surface area contributed by atoms with Crippen LogP contribution in [0.5, 0.6) is 0 Å². The second-order valence-corrected chi connectivity index (χ2v) is 4.80. The van der Waals surface area contributed by atoms with Crippen molar-refractivity contribution in [2.24, 2.45) is 7.05 Å². The summed E-state index contributed by atoms with van der Waals surface area (Å²) in [6.45, 7) is 3.91. The van der Waals surface area contributed by atoms with Gasteiger partial charge in [-0.3, -0.25) is 4.68 Å². The Morgan fingerprint density at radius 3 is 2.67 bits per heavy atom. The summed E-state index contributed by atoms with van der Waals surface area (Å²) in [5, 5.41) is 11.4. The molecule has 94 valence electrons. The predicted octanol–water partition coefficient (Wildman–Crippen LogP) is 2.35. The van der Waals surface area contributed by atoms with Crippen molar-refractivity contribution in [2.45, 2.75) is 12.8 Å². The van der Waals surface area contributed by atoms with Crippen LogP contribution in [-0.2, 0) is 7.05 Å². The number of benzene rings is 1. The lowest BCUT2D eigenvalue weighted by Crippen LogP contribution is -2.17. The van der Waals surface area contributed by atoms with Crippen LogP contribution in [0, 0.1) is 6.92 Å². The molecule has 0 saturated carbocycles. The summed E-state index contributed by atoms with van der Waals surface area (Å²) in [6, 6.07) is 10.6. The van der Waals surface area contributed by atoms with Gasteiger partial charge in [-0.1, -0.05) is 30.3 Å². The molecule has 0 saturated heterocycles. The van der Waals surface area contributed by atoms with Crippen molar-refractivity contribution in [3.05, 3.63) is 41.6 Å². The normalized spacial score (nSPS) is 18.4. The highest BCUT2D eigenvalue weighted by Crippen LogP contribution is 2.30. The number of hydrogen-bond acceptors (Lipinski definition) is 3. The van der Waals surface area contributed by atoms with Crippen LogP contribution in [0.15, 0.2) is 30.3 Å². The number of aryl methyl sites for hydroxylation is 2. The van der Waals surface area contributed by atoms with Gasteiger partial charge in [-0.2, -0.15) is 5.10 Å². The molecule has 0 spiro atoms. The topological polar surface area (TPSA) is 41.9 Å². The number of aromatic nitrogens is 2. The molecule has 1 atom stereocenters. The standard InChI is InChI=1S/C14H18N4/c1-10-13-14(18(2)17-10)16-9-12(8-15-13)11-6-4-3-5-7-11/h3-7,12,15-16H,8-9H2,1-2H3. The Kier molecular flexibility index (Phi) is 2.70. The molecular weight excluding hydrogens is 224 g/mol. The quantitative estimate of drug-likeness (QED) is 0.806. The first-order valence-electron chi connectivity index (χ1n) is 6.32. The van der Waals surface area contributed by atoms with Gasteiger partial charge in [0.2, 0.25) is 0 Å². The minimum Gasteiger partial charge on any atom is -0.380 e. The predicted molar refractivity (Wildman–Crippen MR) is 74.1 cm³/mol. The first-order valence-corrected chi connectivity index (χ1v) is 6.32. The molecule has 0 aliphatic carbocycles. The van der Waals surface area contributed by atoms with Crippen LogP contribution in [0.3, 0.4) is 0 Å². The first kappa shape index (κ1) is 11.1. The summed E-state index contributed by atoms with van der Waals surface area (Å²) in [5.74, 6) is 1.57. The highest BCUT2D eigenvalue weighted by molar-refractivity contribution is 5.69. The highest BCUT2D eigenvalue weighted by Gasteiger charge is 2.21. The van der Waals surface area contributed by atoms with Crippen LogP contribution in [0.25, 0.3) is 0 Å². The van der Waals surface area contributed by atoms with Crippen LogP contribution in [0.2, 0.25) is 0 Å². The molecule has 3 rings (SSSR count). The van der Waals surface area contributed by atoms with E-state index >= 15 is 0 Å². The van der Waals surface area contributed by atoms with Gasteiger partial charge in [0.25, 0.3) is 0 Å². The molecule has 0 amide bonds. The highest BCUT2D eigenvalue weighted by atomic mass is 15.3. The van der Waals surface area contributed by atoms with Gasteiger partial charge in [0.1, 0.15) is 11.5 Å². The number of rotatable bonds is 1. The van der Waals surface area contributed by atoms with E-state index in [4.69, 9.17) is 0 Å². The van der Waals surface area contributed by atoms with Gasteiger partial charge in [-0.25, -0.2) is 0 Å². The number of fused-ring (bicyclic) bond motifs is 1. The molecule has 0 fully saturated rings. The molecule has 0 radical (unpaired) electrons. The number of nitrogens with zero attached hydrogens (tertiary/aromatic N) is 2. The Bertz CT molecular complexity index is 516. The maximum absolute atomic E-state index is 4.42. The smallest absolute Gasteiger partial charge is 0.148 e. The van der Waals surface area contributed by atoms with E-state index in [0.717, 1.165) is 30.3 Å². The van der Waals surface area contributed by atoms with Crippen molar-refractivity contribution in [3.63, 3.8) is 0 Å². The number of hydrogen-bond donors (Lipinski definition) is 2. The molecule has 1 unspecified atom stereocenters. The van der Waals surface area contributed by atoms with Crippen LogP contribution >= 0.6 is 0 Å². The zero-order valence-corrected chi connectivity index (χ0v) is 10.8. The first-order chi connectivity index (χ1) is 8.75. The lowest BCUT2D eigenvalue weighted by molar-refractivity contribution is 0.730. The minimum absolute atomic E-state index is 0.484. The van der Waals surface area contributed by atoms with Crippen LogP contribution in [0.1, 0.15) is 17.2 Å². The van der Waals surface area contributed by atoms with Crippen LogP contribution < -0.4 is 10.6 Å². The monoisotopic (exact) mass is 242 g/mol. The van der Waals surface area contributed by atoms with E-state index in [9.17, 15) is 0 Å². The lowest BCUT2D eigenvalue weighted by atomic mass is 9.99. The van der Waals surface area contributed by atoms with E-state index < -0.39 is 0 Å². The van der Waals surface area contributed by atoms with Gasteiger partial charge < -0.3 is 10.6 Å². The molecule has 2 heterocycles. The summed E-state index contributed by atoms with van der Waals surface area (Å²) in [6.07, 6.45) is 0. The molecule has 18 heavy (non-hydrogen) atoms. The maximum Gasteiger partial charge on any atom is 0.148 e. The molecule has 4 heteroatoms. The second-order valence-electron chi connectivity index (χ2n) is 4.80. The van der Waals surface area contributed by atoms with Crippen molar-refractivity contribution in [1.82, 2.24) is 9.78 Å².